The van der Waals surface area contributed by atoms with Crippen LogP contribution in [0.25, 0.3) is 5.65 Å². The number of rotatable bonds is 8. The molecule has 0 saturated carbocycles. The Kier molecular flexibility index (Phi) is 10.1. The van der Waals surface area contributed by atoms with Crippen LogP contribution in [-0.4, -0.2) is 110 Å². The number of anilines is 1. The van der Waals surface area contributed by atoms with Crippen LogP contribution in [0, 0.1) is 0 Å². The molecular formula is C38H51N7O7. The molecule has 14 heteroatoms. The Labute approximate surface area is 304 Å². The Balaban J connectivity index is 0.980. The number of carbonyl (C=O) groups is 3. The molecule has 0 radical (unpaired) electrons. The van der Waals surface area contributed by atoms with Crippen LogP contribution >= 0.6 is 0 Å². The standard InChI is InChI=1S/C38H51N7O7/c1-24(2)31-19-39-45-32(18-33(41-34(31)45)50-29-12-9-15-42(20-29)35(46)49-23-25-10-7-6-8-11-25)40-26-16-27-13-14-28(17-26)44(27)37(48)51-30-21-43(22-30)36(47)52-38(3,4)5/h6-8,10-11,18-19,24,26-30,40H,9,12-17,20-23H2,1-5H3/t26?,27?,28?,29-/m1/s1. The van der Waals surface area contributed by atoms with Crippen molar-refractivity contribution >= 4 is 29.7 Å². The Bertz CT molecular complexity index is 1740. The van der Waals surface area contributed by atoms with E-state index in [1.54, 1.807) is 9.80 Å². The first kappa shape index (κ1) is 35.6. The van der Waals surface area contributed by atoms with Gasteiger partial charge in [0.1, 0.15) is 30.2 Å². The molecule has 1 N–H and O–H groups in total. The van der Waals surface area contributed by atoms with Crippen molar-refractivity contribution in [3.05, 3.63) is 53.7 Å². The zero-order valence-electron chi connectivity index (χ0n) is 30.8. The maximum absolute atomic E-state index is 13.4. The number of hydrogen-bond acceptors (Lipinski definition) is 10. The number of piperidine rings is 2. The van der Waals surface area contributed by atoms with E-state index in [1.807, 2.05) is 72.8 Å². The predicted octanol–water partition coefficient (Wildman–Crippen LogP) is 6.20. The number of ether oxygens (including phenoxy) is 4. The highest BCUT2D eigenvalue weighted by Gasteiger charge is 2.46. The predicted molar refractivity (Wildman–Crippen MR) is 192 cm³/mol. The zero-order valence-corrected chi connectivity index (χ0v) is 30.8. The molecule has 6 heterocycles. The second-order valence-corrected chi connectivity index (χ2v) is 15.8. The van der Waals surface area contributed by atoms with Crippen molar-refractivity contribution in [2.75, 3.05) is 31.5 Å². The van der Waals surface area contributed by atoms with E-state index >= 15 is 0 Å². The van der Waals surface area contributed by atoms with Gasteiger partial charge in [-0.25, -0.2) is 14.4 Å². The molecule has 3 aromatic rings. The van der Waals surface area contributed by atoms with Gasteiger partial charge in [-0.05, 0) is 70.8 Å². The van der Waals surface area contributed by atoms with Crippen LogP contribution in [0.3, 0.4) is 0 Å². The number of nitrogens with one attached hydrogen (secondary N) is 1. The average molecular weight is 718 g/mol. The van der Waals surface area contributed by atoms with Gasteiger partial charge in [-0.2, -0.15) is 14.6 Å². The minimum Gasteiger partial charge on any atom is -0.472 e. The monoisotopic (exact) mass is 717 g/mol. The van der Waals surface area contributed by atoms with Crippen molar-refractivity contribution in [1.29, 1.82) is 0 Å². The van der Waals surface area contributed by atoms with Crippen LogP contribution in [-0.2, 0) is 20.8 Å². The van der Waals surface area contributed by atoms with Gasteiger partial charge < -0.3 is 39.0 Å². The summed E-state index contributed by atoms with van der Waals surface area (Å²) in [6.45, 7) is 11.7. The zero-order chi connectivity index (χ0) is 36.6. The molecule has 0 aliphatic carbocycles. The third-order valence-corrected chi connectivity index (χ3v) is 10.3. The van der Waals surface area contributed by atoms with E-state index in [4.69, 9.17) is 29.0 Å². The molecule has 1 aromatic carbocycles. The lowest BCUT2D eigenvalue weighted by Gasteiger charge is -2.42. The highest BCUT2D eigenvalue weighted by Crippen LogP contribution is 2.38. The van der Waals surface area contributed by atoms with E-state index in [-0.39, 0.29) is 61.1 Å². The van der Waals surface area contributed by atoms with E-state index < -0.39 is 5.60 Å². The largest absolute Gasteiger partial charge is 0.472 e. The SMILES string of the molecule is CC(C)c1cnn2c(NC3CC4CCC(C3)N4C(=O)OC3CN(C(=O)OC(C)(C)C)C3)cc(O[C@@H]3CCCN(C(=O)OCc4ccccc4)C3)nc12. The van der Waals surface area contributed by atoms with Crippen molar-refractivity contribution in [2.45, 2.75) is 122 Å². The number of fused-ring (bicyclic) bond motifs is 3. The van der Waals surface area contributed by atoms with Gasteiger partial charge in [0, 0.05) is 36.3 Å². The Hall–Kier alpha value is -4.75. The molecule has 3 atom stereocenters. The molecule has 0 spiro atoms. The lowest BCUT2D eigenvalue weighted by molar-refractivity contribution is -0.0485. The topological polar surface area (TPSA) is 140 Å². The normalized spacial score (nSPS) is 23.4. The van der Waals surface area contributed by atoms with Crippen LogP contribution in [0.15, 0.2) is 42.6 Å². The maximum Gasteiger partial charge on any atom is 0.410 e. The summed E-state index contributed by atoms with van der Waals surface area (Å²) in [4.78, 5) is 48.7. The quantitative estimate of drug-likeness (QED) is 0.268. The number of benzene rings is 1. The number of likely N-dealkylation sites (tertiary alicyclic amines) is 2. The van der Waals surface area contributed by atoms with E-state index in [9.17, 15) is 14.4 Å². The maximum atomic E-state index is 13.4. The summed E-state index contributed by atoms with van der Waals surface area (Å²) in [7, 11) is 0. The van der Waals surface area contributed by atoms with Gasteiger partial charge in [0.05, 0.1) is 25.8 Å². The number of amides is 3. The van der Waals surface area contributed by atoms with Gasteiger partial charge in [0.2, 0.25) is 5.88 Å². The van der Waals surface area contributed by atoms with Crippen LogP contribution < -0.4 is 10.1 Å². The highest BCUT2D eigenvalue weighted by molar-refractivity contribution is 5.72. The molecule has 4 saturated heterocycles. The summed E-state index contributed by atoms with van der Waals surface area (Å²) in [5.74, 6) is 1.46. The van der Waals surface area contributed by atoms with E-state index in [1.165, 1.54) is 0 Å². The fraction of sp³-hybridized carbons (Fsp3) is 0.605. The molecule has 52 heavy (non-hydrogen) atoms. The van der Waals surface area contributed by atoms with Crippen LogP contribution in [0.4, 0.5) is 20.2 Å². The third kappa shape index (κ3) is 8.00. The summed E-state index contributed by atoms with van der Waals surface area (Å²) in [6.07, 6.45) is 5.22. The molecule has 4 aliphatic rings. The average Bonchev–Trinajstić information content (AvgIpc) is 3.63. The molecule has 2 bridgehead atoms. The molecule has 4 aliphatic heterocycles. The van der Waals surface area contributed by atoms with Gasteiger partial charge in [0.25, 0.3) is 0 Å². The number of aromatic nitrogens is 3. The fourth-order valence-corrected chi connectivity index (χ4v) is 7.70. The van der Waals surface area contributed by atoms with Crippen molar-refractivity contribution < 1.29 is 33.3 Å². The van der Waals surface area contributed by atoms with Crippen LogP contribution in [0.5, 0.6) is 5.88 Å². The Morgan fingerprint density at radius 2 is 1.63 bits per heavy atom. The van der Waals surface area contributed by atoms with Gasteiger partial charge in [-0.15, -0.1) is 0 Å². The van der Waals surface area contributed by atoms with Gasteiger partial charge >= 0.3 is 18.3 Å². The van der Waals surface area contributed by atoms with Crippen molar-refractivity contribution in [1.82, 2.24) is 29.3 Å². The molecule has 2 aromatic heterocycles. The summed E-state index contributed by atoms with van der Waals surface area (Å²) < 4.78 is 25.2. The van der Waals surface area contributed by atoms with Crippen molar-refractivity contribution in [3.63, 3.8) is 0 Å². The minimum absolute atomic E-state index is 0.0533. The lowest BCUT2D eigenvalue weighted by atomic mass is 9.97. The smallest absolute Gasteiger partial charge is 0.410 e. The number of hydrogen-bond donors (Lipinski definition) is 1. The second-order valence-electron chi connectivity index (χ2n) is 15.8. The molecule has 7 rings (SSSR count). The van der Waals surface area contributed by atoms with Crippen LogP contribution in [0.1, 0.15) is 90.2 Å². The first-order valence-corrected chi connectivity index (χ1v) is 18.6. The van der Waals surface area contributed by atoms with E-state index in [0.29, 0.717) is 32.1 Å². The molecular weight excluding hydrogens is 666 g/mol. The summed E-state index contributed by atoms with van der Waals surface area (Å²) in [5.41, 5.74) is 2.12. The van der Waals surface area contributed by atoms with Gasteiger partial charge in [-0.3, -0.25) is 0 Å². The third-order valence-electron chi connectivity index (χ3n) is 10.3. The summed E-state index contributed by atoms with van der Waals surface area (Å²) >= 11 is 0. The summed E-state index contributed by atoms with van der Waals surface area (Å²) in [6, 6.07) is 11.8. The molecule has 280 valence electrons. The highest BCUT2D eigenvalue weighted by atomic mass is 16.6. The van der Waals surface area contributed by atoms with E-state index in [2.05, 4.69) is 19.2 Å². The first-order valence-electron chi connectivity index (χ1n) is 18.6. The van der Waals surface area contributed by atoms with Gasteiger partial charge in [0.15, 0.2) is 5.65 Å². The molecule has 2 unspecified atom stereocenters. The van der Waals surface area contributed by atoms with Crippen molar-refractivity contribution in [2.24, 2.45) is 0 Å². The Morgan fingerprint density at radius 1 is 0.923 bits per heavy atom. The lowest BCUT2D eigenvalue weighted by Crippen LogP contribution is -2.58. The second kappa shape index (κ2) is 14.7. The van der Waals surface area contributed by atoms with E-state index in [0.717, 1.165) is 61.1 Å². The molecule has 3 amide bonds. The van der Waals surface area contributed by atoms with Gasteiger partial charge in [-0.1, -0.05) is 44.2 Å². The minimum atomic E-state index is -0.571. The fourth-order valence-electron chi connectivity index (χ4n) is 7.70. The summed E-state index contributed by atoms with van der Waals surface area (Å²) in [5, 5.41) is 8.43. The Morgan fingerprint density at radius 3 is 2.33 bits per heavy atom. The number of carbonyl (C=O) groups excluding carboxylic acids is 3. The molecule has 14 nitrogen and oxygen atoms in total. The number of nitrogens with zero attached hydrogens (tertiary/aromatic N) is 6. The molecule has 4 fully saturated rings. The van der Waals surface area contributed by atoms with Crippen molar-refractivity contribution in [3.8, 4) is 5.88 Å². The van der Waals surface area contributed by atoms with Crippen LogP contribution in [0.2, 0.25) is 0 Å². The first-order chi connectivity index (χ1) is 24.9.